The number of nitrogens with one attached hydrogen (secondary N) is 1. The van der Waals surface area contributed by atoms with E-state index in [1.165, 1.54) is 0 Å². The number of allylic oxidation sites excluding steroid dienone is 1. The molecule has 74 valence electrons. The number of thioether (sulfide) groups is 1. The zero-order valence-corrected chi connectivity index (χ0v) is 9.03. The Morgan fingerprint density at radius 1 is 1.62 bits per heavy atom. The minimum atomic E-state index is -0.423. The molecule has 4 heteroatoms. The van der Waals surface area contributed by atoms with Crippen LogP contribution in [-0.4, -0.2) is 17.4 Å². The predicted octanol–water partition coefficient (Wildman–Crippen LogP) is 2.49. The van der Waals surface area contributed by atoms with Gasteiger partial charge in [0.1, 0.15) is 5.60 Å². The number of ether oxygens (including phenoxy) is 1. The minimum absolute atomic E-state index is 0.367. The largest absolute Gasteiger partial charge is 0.444 e. The first-order chi connectivity index (χ1) is 5.97. The lowest BCUT2D eigenvalue weighted by Gasteiger charge is -2.19. The van der Waals surface area contributed by atoms with Crippen molar-refractivity contribution < 1.29 is 9.53 Å². The van der Waals surface area contributed by atoms with E-state index in [2.05, 4.69) is 5.32 Å². The van der Waals surface area contributed by atoms with Gasteiger partial charge in [-0.1, -0.05) is 6.08 Å². The van der Waals surface area contributed by atoms with Crippen molar-refractivity contribution in [2.75, 3.05) is 5.75 Å². The molecule has 0 radical (unpaired) electrons. The van der Waals surface area contributed by atoms with Crippen LogP contribution < -0.4 is 5.32 Å². The number of carbonyl (C=O) groups excluding carboxylic acids is 1. The van der Waals surface area contributed by atoms with E-state index in [1.54, 1.807) is 11.8 Å². The van der Waals surface area contributed by atoms with Crippen molar-refractivity contribution in [3.63, 3.8) is 0 Å². The van der Waals surface area contributed by atoms with Gasteiger partial charge in [0.25, 0.3) is 0 Å². The molecule has 0 bridgehead atoms. The molecule has 0 aromatic heterocycles. The molecule has 0 aliphatic carbocycles. The second kappa shape index (κ2) is 4.05. The Morgan fingerprint density at radius 2 is 2.31 bits per heavy atom. The zero-order chi connectivity index (χ0) is 9.90. The van der Waals surface area contributed by atoms with Crippen LogP contribution in [0.2, 0.25) is 0 Å². The van der Waals surface area contributed by atoms with Crippen LogP contribution in [0.4, 0.5) is 4.79 Å². The highest BCUT2D eigenvalue weighted by Crippen LogP contribution is 2.22. The van der Waals surface area contributed by atoms with E-state index in [9.17, 15) is 4.79 Å². The monoisotopic (exact) mass is 201 g/mol. The number of hydrogen-bond acceptors (Lipinski definition) is 3. The van der Waals surface area contributed by atoms with Crippen molar-refractivity contribution >= 4 is 17.9 Å². The van der Waals surface area contributed by atoms with Crippen LogP contribution in [0.25, 0.3) is 0 Å². The quantitative estimate of drug-likeness (QED) is 0.708. The predicted molar refractivity (Wildman–Crippen MR) is 54.5 cm³/mol. The van der Waals surface area contributed by atoms with Gasteiger partial charge < -0.3 is 4.74 Å². The van der Waals surface area contributed by atoms with Crippen LogP contribution in [-0.2, 0) is 4.74 Å². The molecule has 0 spiro atoms. The maximum absolute atomic E-state index is 11.2. The highest BCUT2D eigenvalue weighted by Gasteiger charge is 2.17. The van der Waals surface area contributed by atoms with E-state index in [-0.39, 0.29) is 6.09 Å². The lowest BCUT2D eigenvalue weighted by atomic mass is 10.2. The molecule has 1 rings (SSSR count). The zero-order valence-electron chi connectivity index (χ0n) is 8.22. The molecule has 0 aromatic carbocycles. The summed E-state index contributed by atoms with van der Waals surface area (Å²) in [5, 5.41) is 3.61. The van der Waals surface area contributed by atoms with Gasteiger partial charge in [0.15, 0.2) is 0 Å². The summed E-state index contributed by atoms with van der Waals surface area (Å²) in [6.45, 7) is 5.55. The molecule has 0 saturated heterocycles. The molecule has 0 aromatic rings. The summed E-state index contributed by atoms with van der Waals surface area (Å²) in [4.78, 5) is 11.2. The van der Waals surface area contributed by atoms with E-state index in [1.807, 2.05) is 26.8 Å². The normalized spacial score (nSPS) is 16.7. The first kappa shape index (κ1) is 10.4. The lowest BCUT2D eigenvalue weighted by molar-refractivity contribution is 0.0550. The van der Waals surface area contributed by atoms with Crippen LogP contribution in [0, 0.1) is 0 Å². The van der Waals surface area contributed by atoms with Gasteiger partial charge in [-0.15, -0.1) is 11.8 Å². The molecule has 1 heterocycles. The number of rotatable bonds is 1. The molecule has 13 heavy (non-hydrogen) atoms. The average Bonchev–Trinajstić information content (AvgIpc) is 2.34. The van der Waals surface area contributed by atoms with Crippen molar-refractivity contribution in [2.24, 2.45) is 0 Å². The maximum Gasteiger partial charge on any atom is 0.412 e. The average molecular weight is 201 g/mol. The number of amides is 1. The standard InChI is InChI=1S/C9H15NO2S/c1-9(2,3)12-8(11)10-7-5-4-6-13-7/h5H,4,6H2,1-3H3,(H,10,11). The maximum atomic E-state index is 11.2. The van der Waals surface area contributed by atoms with Crippen molar-refractivity contribution in [3.05, 3.63) is 11.1 Å². The second-order valence-electron chi connectivity index (χ2n) is 3.83. The van der Waals surface area contributed by atoms with Gasteiger partial charge in [-0.2, -0.15) is 0 Å². The van der Waals surface area contributed by atoms with Gasteiger partial charge in [-0.3, -0.25) is 5.32 Å². The van der Waals surface area contributed by atoms with E-state index in [0.29, 0.717) is 0 Å². The highest BCUT2D eigenvalue weighted by atomic mass is 32.2. The smallest absolute Gasteiger partial charge is 0.412 e. The summed E-state index contributed by atoms with van der Waals surface area (Å²) >= 11 is 1.65. The van der Waals surface area contributed by atoms with E-state index < -0.39 is 5.60 Å². The Morgan fingerprint density at radius 3 is 2.77 bits per heavy atom. The first-order valence-corrected chi connectivity index (χ1v) is 5.29. The molecule has 0 fully saturated rings. The van der Waals surface area contributed by atoms with Gasteiger partial charge in [0, 0.05) is 5.75 Å². The highest BCUT2D eigenvalue weighted by molar-refractivity contribution is 8.03. The number of hydrogen-bond donors (Lipinski definition) is 1. The molecular weight excluding hydrogens is 186 g/mol. The Hall–Kier alpha value is -0.640. The lowest BCUT2D eigenvalue weighted by Crippen LogP contribution is -2.31. The molecule has 1 amide bonds. The molecule has 3 nitrogen and oxygen atoms in total. The van der Waals surface area contributed by atoms with Gasteiger partial charge in [0.2, 0.25) is 0 Å². The number of carbonyl (C=O) groups is 1. The Labute approximate surface area is 82.9 Å². The van der Waals surface area contributed by atoms with E-state index in [4.69, 9.17) is 4.74 Å². The van der Waals surface area contributed by atoms with Crippen molar-refractivity contribution in [1.29, 1.82) is 0 Å². The Kier molecular flexibility index (Phi) is 3.25. The molecule has 1 aliphatic rings. The summed E-state index contributed by atoms with van der Waals surface area (Å²) < 4.78 is 5.10. The molecule has 1 aliphatic heterocycles. The van der Waals surface area contributed by atoms with Crippen LogP contribution in [0.3, 0.4) is 0 Å². The number of alkyl carbamates (subject to hydrolysis) is 1. The molecule has 0 unspecified atom stereocenters. The van der Waals surface area contributed by atoms with Crippen molar-refractivity contribution in [1.82, 2.24) is 5.32 Å². The molecule has 0 saturated carbocycles. The summed E-state index contributed by atoms with van der Waals surface area (Å²) in [5.41, 5.74) is -0.423. The summed E-state index contributed by atoms with van der Waals surface area (Å²) in [5.74, 6) is 1.05. The minimum Gasteiger partial charge on any atom is -0.444 e. The Bertz CT molecular complexity index is 230. The summed E-state index contributed by atoms with van der Waals surface area (Å²) in [6.07, 6.45) is 2.66. The fourth-order valence-corrected chi connectivity index (χ4v) is 1.76. The van der Waals surface area contributed by atoms with Gasteiger partial charge in [-0.25, -0.2) is 4.79 Å². The van der Waals surface area contributed by atoms with Crippen LogP contribution in [0.5, 0.6) is 0 Å². The summed E-state index contributed by atoms with van der Waals surface area (Å²) in [7, 11) is 0. The fraction of sp³-hybridized carbons (Fsp3) is 0.667. The summed E-state index contributed by atoms with van der Waals surface area (Å²) in [6, 6.07) is 0. The van der Waals surface area contributed by atoms with Crippen molar-refractivity contribution in [3.8, 4) is 0 Å². The third-order valence-corrected chi connectivity index (χ3v) is 2.35. The van der Waals surface area contributed by atoms with Crippen LogP contribution in [0.15, 0.2) is 11.1 Å². The van der Waals surface area contributed by atoms with Crippen LogP contribution >= 0.6 is 11.8 Å². The van der Waals surface area contributed by atoms with Gasteiger partial charge in [0.05, 0.1) is 5.03 Å². The van der Waals surface area contributed by atoms with E-state index >= 15 is 0 Å². The first-order valence-electron chi connectivity index (χ1n) is 4.30. The van der Waals surface area contributed by atoms with Crippen molar-refractivity contribution in [2.45, 2.75) is 32.8 Å². The third kappa shape index (κ3) is 4.22. The van der Waals surface area contributed by atoms with Crippen LogP contribution in [0.1, 0.15) is 27.2 Å². The SMILES string of the molecule is CC(C)(C)OC(=O)NC1=CCCS1. The van der Waals surface area contributed by atoms with E-state index in [0.717, 1.165) is 17.2 Å². The fourth-order valence-electron chi connectivity index (χ4n) is 0.909. The van der Waals surface area contributed by atoms with Gasteiger partial charge >= 0.3 is 6.09 Å². The second-order valence-corrected chi connectivity index (χ2v) is 4.97. The molecule has 0 atom stereocenters. The Balaban J connectivity index is 2.33. The molecule has 1 N–H and O–H groups in total. The third-order valence-electron chi connectivity index (χ3n) is 1.33. The van der Waals surface area contributed by atoms with Gasteiger partial charge in [-0.05, 0) is 27.2 Å². The topological polar surface area (TPSA) is 38.3 Å². The molecular formula is C9H15NO2S.